The van der Waals surface area contributed by atoms with E-state index in [-0.39, 0.29) is 17.4 Å². The van der Waals surface area contributed by atoms with E-state index in [1.54, 1.807) is 30.8 Å². The normalized spacial score (nSPS) is 24.4. The summed E-state index contributed by atoms with van der Waals surface area (Å²) in [5.74, 6) is -0.520. The highest BCUT2D eigenvalue weighted by molar-refractivity contribution is 7.10. The standard InChI is InChI=1S/C24H24ClN5OS/c1-23(19-10-16(13-32-19)15-9-18(25)12-28-11-15)20(21(31)30(2)22(26)29-23)14-3-5-17(6-4-14)24(27)7-8-24/h3-6,9-13,20H,7-8,27H2,1-2H3,(H2,26,29)/t20-,23+/m0/s1. The van der Waals surface area contributed by atoms with Crippen LogP contribution < -0.4 is 11.1 Å². The van der Waals surface area contributed by atoms with Gasteiger partial charge in [0.1, 0.15) is 0 Å². The number of guanidine groups is 1. The number of aromatic nitrogens is 1. The first-order valence-electron chi connectivity index (χ1n) is 10.4. The van der Waals surface area contributed by atoms with Gasteiger partial charge in [-0.15, -0.1) is 11.3 Å². The van der Waals surface area contributed by atoms with Gasteiger partial charge in [0.25, 0.3) is 0 Å². The molecule has 1 saturated heterocycles. The maximum Gasteiger partial charge on any atom is 0.239 e. The minimum absolute atomic E-state index is 0.0867. The molecule has 3 heterocycles. The number of thiophene rings is 1. The number of amides is 1. The summed E-state index contributed by atoms with van der Waals surface area (Å²) in [6, 6.07) is 12.0. The molecule has 1 aliphatic heterocycles. The first-order chi connectivity index (χ1) is 15.2. The lowest BCUT2D eigenvalue weighted by Gasteiger charge is -2.45. The summed E-state index contributed by atoms with van der Waals surface area (Å²) in [7, 11) is 1.63. The van der Waals surface area contributed by atoms with Crippen LogP contribution in [0, 0.1) is 5.41 Å². The molecule has 2 atom stereocenters. The van der Waals surface area contributed by atoms with E-state index in [1.165, 1.54) is 4.90 Å². The van der Waals surface area contributed by atoms with Gasteiger partial charge in [-0.05, 0) is 54.0 Å². The van der Waals surface area contributed by atoms with Crippen LogP contribution in [-0.4, -0.2) is 28.8 Å². The molecule has 2 fully saturated rings. The van der Waals surface area contributed by atoms with Gasteiger partial charge >= 0.3 is 0 Å². The Bertz CT molecular complexity index is 1220. The van der Waals surface area contributed by atoms with E-state index < -0.39 is 11.5 Å². The molecule has 0 radical (unpaired) electrons. The minimum Gasteiger partial charge on any atom is -0.345 e. The zero-order valence-corrected chi connectivity index (χ0v) is 19.4. The molecule has 2 aliphatic rings. The lowest BCUT2D eigenvalue weighted by Crippen LogP contribution is -2.62. The van der Waals surface area contributed by atoms with Crippen molar-refractivity contribution in [2.45, 2.75) is 36.8 Å². The van der Waals surface area contributed by atoms with E-state index >= 15 is 0 Å². The summed E-state index contributed by atoms with van der Waals surface area (Å²) in [5.41, 5.74) is 9.25. The van der Waals surface area contributed by atoms with Crippen LogP contribution >= 0.6 is 22.9 Å². The highest BCUT2D eigenvalue weighted by Gasteiger charge is 2.49. The van der Waals surface area contributed by atoms with Crippen molar-refractivity contribution < 1.29 is 4.79 Å². The molecule has 4 N–H and O–H groups in total. The quantitative estimate of drug-likeness (QED) is 0.532. The van der Waals surface area contributed by atoms with Gasteiger partial charge in [-0.25, -0.2) is 0 Å². The Labute approximate surface area is 195 Å². The van der Waals surface area contributed by atoms with Crippen molar-refractivity contribution in [1.29, 1.82) is 5.41 Å². The molecule has 1 saturated carbocycles. The molecule has 0 unspecified atom stereocenters. The number of pyridine rings is 1. The highest BCUT2D eigenvalue weighted by atomic mass is 35.5. The van der Waals surface area contributed by atoms with Gasteiger partial charge in [-0.2, -0.15) is 0 Å². The molecular formula is C24H24ClN5OS. The van der Waals surface area contributed by atoms with Gasteiger partial charge in [0.15, 0.2) is 5.96 Å². The number of hydrogen-bond acceptors (Lipinski definition) is 5. The largest absolute Gasteiger partial charge is 0.345 e. The zero-order valence-electron chi connectivity index (χ0n) is 17.9. The van der Waals surface area contributed by atoms with Gasteiger partial charge in [-0.1, -0.05) is 35.9 Å². The fourth-order valence-electron chi connectivity index (χ4n) is 4.39. The molecule has 3 aromatic rings. The van der Waals surface area contributed by atoms with E-state index in [4.69, 9.17) is 22.7 Å². The Hall–Kier alpha value is -2.74. The number of hydrogen-bond donors (Lipinski definition) is 3. The third-order valence-corrected chi connectivity index (χ3v) is 8.00. The van der Waals surface area contributed by atoms with E-state index in [2.05, 4.69) is 16.4 Å². The van der Waals surface area contributed by atoms with Gasteiger partial charge in [0, 0.05) is 35.4 Å². The van der Waals surface area contributed by atoms with Gasteiger partial charge in [0.05, 0.1) is 16.5 Å². The summed E-state index contributed by atoms with van der Waals surface area (Å²) in [5, 5.41) is 14.3. The number of rotatable bonds is 4. The van der Waals surface area contributed by atoms with Crippen molar-refractivity contribution in [2.24, 2.45) is 5.73 Å². The molecule has 1 amide bonds. The molecule has 164 valence electrons. The third kappa shape index (κ3) is 3.41. The van der Waals surface area contributed by atoms with Crippen LogP contribution in [0.5, 0.6) is 0 Å². The molecule has 2 aromatic heterocycles. The third-order valence-electron chi connectivity index (χ3n) is 6.63. The van der Waals surface area contributed by atoms with Crippen molar-refractivity contribution in [3.8, 4) is 11.1 Å². The number of nitrogens with two attached hydrogens (primary N) is 1. The second-order valence-electron chi connectivity index (χ2n) is 8.88. The first kappa shape index (κ1) is 21.1. The molecule has 6 nitrogen and oxygen atoms in total. The molecule has 8 heteroatoms. The Kier molecular flexibility index (Phi) is 4.89. The molecule has 5 rings (SSSR count). The average molecular weight is 466 g/mol. The van der Waals surface area contributed by atoms with E-state index in [0.717, 1.165) is 40.0 Å². The van der Waals surface area contributed by atoms with Crippen molar-refractivity contribution in [3.05, 3.63) is 75.2 Å². The maximum absolute atomic E-state index is 13.4. The van der Waals surface area contributed by atoms with Crippen LogP contribution in [0.4, 0.5) is 0 Å². The molecular weight excluding hydrogens is 442 g/mol. The second kappa shape index (κ2) is 7.40. The monoisotopic (exact) mass is 465 g/mol. The lowest BCUT2D eigenvalue weighted by atomic mass is 9.76. The highest BCUT2D eigenvalue weighted by Crippen LogP contribution is 2.46. The minimum atomic E-state index is -0.781. The number of carbonyl (C=O) groups excluding carboxylic acids is 1. The average Bonchev–Trinajstić information content (AvgIpc) is 3.32. The molecule has 32 heavy (non-hydrogen) atoms. The Morgan fingerprint density at radius 1 is 1.22 bits per heavy atom. The summed E-state index contributed by atoms with van der Waals surface area (Å²) in [4.78, 5) is 20.0. The van der Waals surface area contributed by atoms with Crippen molar-refractivity contribution in [2.75, 3.05) is 7.05 Å². The molecule has 1 aliphatic carbocycles. The van der Waals surface area contributed by atoms with Gasteiger partial charge < -0.3 is 11.1 Å². The fraction of sp³-hybridized carbons (Fsp3) is 0.292. The lowest BCUT2D eigenvalue weighted by molar-refractivity contribution is -0.131. The van der Waals surface area contributed by atoms with Crippen LogP contribution in [0.15, 0.2) is 54.2 Å². The summed E-state index contributed by atoms with van der Waals surface area (Å²) >= 11 is 7.68. The van der Waals surface area contributed by atoms with Gasteiger partial charge in [0.2, 0.25) is 5.91 Å². The van der Waals surface area contributed by atoms with Crippen LogP contribution in [0.1, 0.15) is 41.7 Å². The number of nitrogens with one attached hydrogen (secondary N) is 2. The van der Waals surface area contributed by atoms with Crippen LogP contribution in [0.2, 0.25) is 5.02 Å². The second-order valence-corrected chi connectivity index (χ2v) is 10.2. The predicted octanol–water partition coefficient (Wildman–Crippen LogP) is 4.41. The predicted molar refractivity (Wildman–Crippen MR) is 128 cm³/mol. The van der Waals surface area contributed by atoms with Crippen molar-refractivity contribution in [1.82, 2.24) is 15.2 Å². The van der Waals surface area contributed by atoms with Crippen LogP contribution in [0.25, 0.3) is 11.1 Å². The molecule has 0 bridgehead atoms. The van der Waals surface area contributed by atoms with Crippen LogP contribution in [0.3, 0.4) is 0 Å². The smallest absolute Gasteiger partial charge is 0.239 e. The number of carbonyl (C=O) groups is 1. The Balaban J connectivity index is 1.56. The number of halogens is 1. The van der Waals surface area contributed by atoms with Crippen molar-refractivity contribution in [3.63, 3.8) is 0 Å². The first-order valence-corrected chi connectivity index (χ1v) is 11.7. The Morgan fingerprint density at radius 3 is 2.59 bits per heavy atom. The zero-order chi connectivity index (χ0) is 22.7. The van der Waals surface area contributed by atoms with Crippen molar-refractivity contribution >= 4 is 34.8 Å². The number of benzene rings is 1. The molecule has 1 aromatic carbocycles. The number of nitrogens with zero attached hydrogens (tertiary/aromatic N) is 2. The Morgan fingerprint density at radius 2 is 1.94 bits per heavy atom. The summed E-state index contributed by atoms with van der Waals surface area (Å²) < 4.78 is 0. The maximum atomic E-state index is 13.4. The topological polar surface area (TPSA) is 95.1 Å². The number of likely N-dealkylation sites (N-methyl/N-ethyl adjacent to an activating group) is 1. The van der Waals surface area contributed by atoms with E-state index in [9.17, 15) is 4.79 Å². The summed E-state index contributed by atoms with van der Waals surface area (Å²) in [6.45, 7) is 1.99. The fourth-order valence-corrected chi connectivity index (χ4v) is 5.63. The van der Waals surface area contributed by atoms with Crippen LogP contribution in [-0.2, 0) is 15.9 Å². The van der Waals surface area contributed by atoms with E-state index in [0.29, 0.717) is 5.02 Å². The summed E-state index contributed by atoms with van der Waals surface area (Å²) in [6.07, 6.45) is 5.35. The van der Waals surface area contributed by atoms with E-state index in [1.807, 2.05) is 42.6 Å². The SMILES string of the molecule is CN1C(=N)N[C@](C)(c2cc(-c3cncc(Cl)c3)cs2)[C@@H](c2ccc(C3(N)CC3)cc2)C1=O. The molecule has 0 spiro atoms. The van der Waals surface area contributed by atoms with Gasteiger partial charge in [-0.3, -0.25) is 20.1 Å².